The molecule has 0 fully saturated rings. The molecule has 1 aromatic heterocycles. The third-order valence-electron chi connectivity index (χ3n) is 3.42. The fraction of sp³-hybridized carbons (Fsp3) is 0.706. The molecule has 1 unspecified atom stereocenters. The highest BCUT2D eigenvalue weighted by atomic mass is 15.1. The smallest absolute Gasteiger partial charge is 0.0547 e. The second-order valence-electron chi connectivity index (χ2n) is 6.93. The van der Waals surface area contributed by atoms with Crippen LogP contribution in [0.4, 0.5) is 0 Å². The van der Waals surface area contributed by atoms with Gasteiger partial charge in [-0.3, -0.25) is 4.98 Å². The summed E-state index contributed by atoms with van der Waals surface area (Å²) < 4.78 is 0. The normalized spacial score (nSPS) is 13.8. The van der Waals surface area contributed by atoms with Gasteiger partial charge in [-0.05, 0) is 45.9 Å². The lowest BCUT2D eigenvalue weighted by molar-refractivity contribution is 0.272. The van der Waals surface area contributed by atoms with Crippen molar-refractivity contribution >= 4 is 0 Å². The quantitative estimate of drug-likeness (QED) is 0.827. The third kappa shape index (κ3) is 7.01. The number of nitrogens with zero attached hydrogens (tertiary/aromatic N) is 2. The lowest BCUT2D eigenvalue weighted by Crippen LogP contribution is -2.35. The largest absolute Gasteiger partial charge is 0.306 e. The summed E-state index contributed by atoms with van der Waals surface area (Å²) in [5.41, 5.74) is 2.41. The Balaban J connectivity index is 2.55. The van der Waals surface area contributed by atoms with E-state index in [1.54, 1.807) is 0 Å². The van der Waals surface area contributed by atoms with Crippen LogP contribution in [0.5, 0.6) is 0 Å². The van der Waals surface area contributed by atoms with Gasteiger partial charge in [0, 0.05) is 25.2 Å². The van der Waals surface area contributed by atoms with Gasteiger partial charge >= 0.3 is 0 Å². The molecule has 1 rings (SSSR count). The van der Waals surface area contributed by atoms with Crippen LogP contribution in [0.3, 0.4) is 0 Å². The maximum atomic E-state index is 4.74. The monoisotopic (exact) mass is 277 g/mol. The molecule has 0 radical (unpaired) electrons. The van der Waals surface area contributed by atoms with Crippen molar-refractivity contribution in [1.29, 1.82) is 0 Å². The van der Waals surface area contributed by atoms with Crippen molar-refractivity contribution in [2.75, 3.05) is 13.6 Å². The molecule has 0 saturated carbocycles. The predicted molar refractivity (Wildman–Crippen MR) is 86.6 cm³/mol. The zero-order valence-electron chi connectivity index (χ0n) is 14.0. The Kier molecular flexibility index (Phi) is 6.63. The molecule has 3 nitrogen and oxygen atoms in total. The van der Waals surface area contributed by atoms with E-state index >= 15 is 0 Å². The van der Waals surface area contributed by atoms with Gasteiger partial charge in [0.05, 0.1) is 11.4 Å². The minimum absolute atomic E-state index is 0.130. The van der Waals surface area contributed by atoms with E-state index in [1.165, 1.54) is 6.42 Å². The maximum Gasteiger partial charge on any atom is 0.0547 e. The molecule has 20 heavy (non-hydrogen) atoms. The summed E-state index contributed by atoms with van der Waals surface area (Å²) in [6.07, 6.45) is 1.23. The molecule has 0 aromatic carbocycles. The standard InChI is InChI=1S/C17H31N3/c1-7-14(2)12-20(6)13-16-10-8-9-15(19-16)11-18-17(3,4)5/h8-10,14,18H,7,11-13H2,1-6H3. The van der Waals surface area contributed by atoms with Gasteiger partial charge in [0.1, 0.15) is 0 Å². The van der Waals surface area contributed by atoms with Gasteiger partial charge in [0.15, 0.2) is 0 Å². The van der Waals surface area contributed by atoms with E-state index in [1.807, 2.05) is 0 Å². The second kappa shape index (κ2) is 7.75. The van der Waals surface area contributed by atoms with Gasteiger partial charge < -0.3 is 10.2 Å². The van der Waals surface area contributed by atoms with Crippen molar-refractivity contribution in [3.8, 4) is 0 Å². The number of pyridine rings is 1. The van der Waals surface area contributed by atoms with Crippen LogP contribution in [0.25, 0.3) is 0 Å². The summed E-state index contributed by atoms with van der Waals surface area (Å²) in [6, 6.07) is 6.32. The van der Waals surface area contributed by atoms with Crippen LogP contribution in [-0.2, 0) is 13.1 Å². The van der Waals surface area contributed by atoms with Crippen LogP contribution >= 0.6 is 0 Å². The number of aromatic nitrogens is 1. The van der Waals surface area contributed by atoms with Gasteiger partial charge in [0.25, 0.3) is 0 Å². The summed E-state index contributed by atoms with van der Waals surface area (Å²) in [6.45, 7) is 14.0. The maximum absolute atomic E-state index is 4.74. The van der Waals surface area contributed by atoms with Gasteiger partial charge in [0.2, 0.25) is 0 Å². The summed E-state index contributed by atoms with van der Waals surface area (Å²) in [5.74, 6) is 0.741. The number of hydrogen-bond acceptors (Lipinski definition) is 3. The van der Waals surface area contributed by atoms with Crippen molar-refractivity contribution in [2.45, 2.75) is 59.7 Å². The molecule has 1 N–H and O–H groups in total. The molecule has 0 bridgehead atoms. The first kappa shape index (κ1) is 17.1. The Morgan fingerprint density at radius 2 is 1.90 bits per heavy atom. The van der Waals surface area contributed by atoms with E-state index < -0.39 is 0 Å². The molecule has 1 aromatic rings. The van der Waals surface area contributed by atoms with Gasteiger partial charge in [-0.1, -0.05) is 26.3 Å². The minimum Gasteiger partial charge on any atom is -0.306 e. The first-order valence-corrected chi connectivity index (χ1v) is 7.68. The molecule has 0 aliphatic rings. The Morgan fingerprint density at radius 3 is 2.50 bits per heavy atom. The van der Waals surface area contributed by atoms with Crippen LogP contribution in [0.15, 0.2) is 18.2 Å². The topological polar surface area (TPSA) is 28.2 Å². The second-order valence-corrected chi connectivity index (χ2v) is 6.93. The number of hydrogen-bond donors (Lipinski definition) is 1. The lowest BCUT2D eigenvalue weighted by atomic mass is 10.1. The fourth-order valence-corrected chi connectivity index (χ4v) is 2.07. The molecule has 1 atom stereocenters. The molecule has 3 heteroatoms. The van der Waals surface area contributed by atoms with E-state index in [4.69, 9.17) is 4.98 Å². The third-order valence-corrected chi connectivity index (χ3v) is 3.42. The van der Waals surface area contributed by atoms with Crippen LogP contribution in [0.2, 0.25) is 0 Å². The average Bonchev–Trinajstić information content (AvgIpc) is 2.35. The Hall–Kier alpha value is -0.930. The lowest BCUT2D eigenvalue weighted by Gasteiger charge is -2.21. The van der Waals surface area contributed by atoms with Crippen LogP contribution in [0, 0.1) is 5.92 Å². The Labute approximate surface area is 124 Å². The van der Waals surface area contributed by atoms with Gasteiger partial charge in [-0.25, -0.2) is 0 Å². The zero-order valence-corrected chi connectivity index (χ0v) is 14.0. The SMILES string of the molecule is CCC(C)CN(C)Cc1cccc(CNC(C)(C)C)n1. The van der Waals surface area contributed by atoms with Crippen LogP contribution in [0.1, 0.15) is 52.4 Å². The van der Waals surface area contributed by atoms with E-state index in [0.717, 1.165) is 36.9 Å². The van der Waals surface area contributed by atoms with Gasteiger partial charge in [-0.2, -0.15) is 0 Å². The highest BCUT2D eigenvalue weighted by molar-refractivity contribution is 5.11. The zero-order chi connectivity index (χ0) is 15.2. The van der Waals surface area contributed by atoms with Crippen molar-refractivity contribution in [2.24, 2.45) is 5.92 Å². The number of nitrogens with one attached hydrogen (secondary N) is 1. The highest BCUT2D eigenvalue weighted by Gasteiger charge is 2.10. The summed E-state index contributed by atoms with van der Waals surface area (Å²) in [4.78, 5) is 7.10. The van der Waals surface area contributed by atoms with E-state index in [0.29, 0.717) is 0 Å². The first-order chi connectivity index (χ1) is 9.30. The molecule has 0 spiro atoms. The van der Waals surface area contributed by atoms with Crippen molar-refractivity contribution in [3.63, 3.8) is 0 Å². The van der Waals surface area contributed by atoms with Crippen LogP contribution < -0.4 is 5.32 Å². The molecule has 114 valence electrons. The Bertz CT molecular complexity index is 395. The van der Waals surface area contributed by atoms with E-state index in [-0.39, 0.29) is 5.54 Å². The van der Waals surface area contributed by atoms with Crippen molar-refractivity contribution in [1.82, 2.24) is 15.2 Å². The molecule has 0 amide bonds. The summed E-state index contributed by atoms with van der Waals surface area (Å²) in [5, 5.41) is 3.48. The molecule has 0 aliphatic heterocycles. The summed E-state index contributed by atoms with van der Waals surface area (Å²) >= 11 is 0. The Morgan fingerprint density at radius 1 is 1.25 bits per heavy atom. The minimum atomic E-state index is 0.130. The predicted octanol–water partition coefficient (Wildman–Crippen LogP) is 3.45. The first-order valence-electron chi connectivity index (χ1n) is 7.68. The van der Waals surface area contributed by atoms with E-state index in [2.05, 4.69) is 70.1 Å². The molecule has 0 aliphatic carbocycles. The molecule has 1 heterocycles. The van der Waals surface area contributed by atoms with E-state index in [9.17, 15) is 0 Å². The van der Waals surface area contributed by atoms with Crippen LogP contribution in [-0.4, -0.2) is 29.0 Å². The molecular weight excluding hydrogens is 246 g/mol. The highest BCUT2D eigenvalue weighted by Crippen LogP contribution is 2.08. The van der Waals surface area contributed by atoms with Crippen molar-refractivity contribution in [3.05, 3.63) is 29.6 Å². The van der Waals surface area contributed by atoms with Gasteiger partial charge in [-0.15, -0.1) is 0 Å². The summed E-state index contributed by atoms with van der Waals surface area (Å²) in [7, 11) is 2.17. The average molecular weight is 277 g/mol. The van der Waals surface area contributed by atoms with Crippen molar-refractivity contribution < 1.29 is 0 Å². The number of rotatable bonds is 7. The molecule has 0 saturated heterocycles. The fourth-order valence-electron chi connectivity index (χ4n) is 2.07. The molecular formula is C17H31N3.